The summed E-state index contributed by atoms with van der Waals surface area (Å²) < 4.78 is 5.66. The fourth-order valence-corrected chi connectivity index (χ4v) is 3.37. The van der Waals surface area contributed by atoms with Crippen molar-refractivity contribution in [2.75, 3.05) is 33.4 Å². The first-order valence-corrected chi connectivity index (χ1v) is 8.05. The van der Waals surface area contributed by atoms with Gasteiger partial charge in [0.15, 0.2) is 0 Å². The number of hydrogen-bond acceptors (Lipinski definition) is 4. The van der Waals surface area contributed by atoms with Gasteiger partial charge in [-0.15, -0.1) is 0 Å². The summed E-state index contributed by atoms with van der Waals surface area (Å²) in [7, 11) is 2.22. The second-order valence-corrected chi connectivity index (χ2v) is 6.92. The Kier molecular flexibility index (Phi) is 5.39. The van der Waals surface area contributed by atoms with Gasteiger partial charge in [-0.3, -0.25) is 0 Å². The topological polar surface area (TPSA) is 24.5 Å². The Bertz CT molecular complexity index is 358. The van der Waals surface area contributed by atoms with Gasteiger partial charge in [-0.1, -0.05) is 13.8 Å². The van der Waals surface area contributed by atoms with Crippen LogP contribution >= 0.6 is 11.3 Å². The molecule has 1 aromatic rings. The van der Waals surface area contributed by atoms with Crippen LogP contribution in [0, 0.1) is 5.41 Å². The molecular formula is C15H26N2OS. The van der Waals surface area contributed by atoms with Crippen molar-refractivity contribution >= 4 is 11.3 Å². The van der Waals surface area contributed by atoms with Gasteiger partial charge in [0.05, 0.1) is 6.61 Å². The summed E-state index contributed by atoms with van der Waals surface area (Å²) in [6, 6.07) is 2.75. The van der Waals surface area contributed by atoms with Crippen LogP contribution in [0.1, 0.15) is 25.8 Å². The summed E-state index contributed by atoms with van der Waals surface area (Å²) in [4.78, 5) is 2.43. The highest BCUT2D eigenvalue weighted by molar-refractivity contribution is 7.07. The van der Waals surface area contributed by atoms with E-state index in [0.717, 1.165) is 32.8 Å². The molecule has 0 amide bonds. The lowest BCUT2D eigenvalue weighted by atomic mass is 9.86. The monoisotopic (exact) mass is 282 g/mol. The van der Waals surface area contributed by atoms with Crippen LogP contribution in [-0.4, -0.2) is 44.3 Å². The van der Waals surface area contributed by atoms with Crippen molar-refractivity contribution < 1.29 is 4.74 Å². The predicted octanol–water partition coefficient (Wildman–Crippen LogP) is 2.58. The molecule has 1 unspecified atom stereocenters. The van der Waals surface area contributed by atoms with E-state index in [2.05, 4.69) is 47.9 Å². The summed E-state index contributed by atoms with van der Waals surface area (Å²) in [6.45, 7) is 9.40. The third-order valence-corrected chi connectivity index (χ3v) is 4.44. The Morgan fingerprint density at radius 1 is 1.53 bits per heavy atom. The van der Waals surface area contributed by atoms with Gasteiger partial charge in [-0.25, -0.2) is 0 Å². The number of nitrogens with one attached hydrogen (secondary N) is 1. The minimum Gasteiger partial charge on any atom is -0.381 e. The molecule has 1 atom stereocenters. The van der Waals surface area contributed by atoms with Crippen LogP contribution in [0.15, 0.2) is 16.8 Å². The first-order valence-electron chi connectivity index (χ1n) is 7.10. The summed E-state index contributed by atoms with van der Waals surface area (Å²) in [5.41, 5.74) is 1.70. The highest BCUT2D eigenvalue weighted by Crippen LogP contribution is 2.29. The fourth-order valence-electron chi connectivity index (χ4n) is 2.71. The molecule has 2 rings (SSSR count). The molecule has 0 radical (unpaired) electrons. The Labute approximate surface area is 121 Å². The maximum atomic E-state index is 5.66. The zero-order valence-electron chi connectivity index (χ0n) is 12.3. The van der Waals surface area contributed by atoms with E-state index in [-0.39, 0.29) is 5.41 Å². The molecule has 108 valence electrons. The van der Waals surface area contributed by atoms with Gasteiger partial charge < -0.3 is 15.0 Å². The van der Waals surface area contributed by atoms with Gasteiger partial charge in [0, 0.05) is 37.7 Å². The average Bonchev–Trinajstić information content (AvgIpc) is 2.99. The number of rotatable bonds is 7. The molecule has 0 bridgehead atoms. The van der Waals surface area contributed by atoms with Crippen LogP contribution in [0.3, 0.4) is 0 Å². The molecule has 1 aromatic heterocycles. The molecule has 3 nitrogen and oxygen atoms in total. The van der Waals surface area contributed by atoms with Crippen molar-refractivity contribution in [3.63, 3.8) is 0 Å². The molecule has 0 aliphatic carbocycles. The highest BCUT2D eigenvalue weighted by Gasteiger charge is 2.35. The summed E-state index contributed by atoms with van der Waals surface area (Å²) in [5, 5.41) is 7.98. The average molecular weight is 282 g/mol. The van der Waals surface area contributed by atoms with E-state index in [9.17, 15) is 0 Å². The molecule has 2 heterocycles. The Morgan fingerprint density at radius 2 is 2.37 bits per heavy atom. The SMILES string of the molecule is CC(C)NCC1(CN(C)Cc2ccsc2)CCOC1. The number of ether oxygens (including phenoxy) is 1. The third-order valence-electron chi connectivity index (χ3n) is 3.71. The minimum absolute atomic E-state index is 0.287. The van der Waals surface area contributed by atoms with Crippen molar-refractivity contribution in [2.45, 2.75) is 32.9 Å². The van der Waals surface area contributed by atoms with Gasteiger partial charge in [0.25, 0.3) is 0 Å². The van der Waals surface area contributed by atoms with Crippen LogP contribution in [0.4, 0.5) is 0 Å². The minimum atomic E-state index is 0.287. The van der Waals surface area contributed by atoms with Gasteiger partial charge >= 0.3 is 0 Å². The quantitative estimate of drug-likeness (QED) is 0.832. The van der Waals surface area contributed by atoms with E-state index in [4.69, 9.17) is 4.74 Å². The lowest BCUT2D eigenvalue weighted by molar-refractivity contribution is 0.115. The molecule has 0 spiro atoms. The Balaban J connectivity index is 1.88. The fraction of sp³-hybridized carbons (Fsp3) is 0.733. The van der Waals surface area contributed by atoms with Crippen LogP contribution < -0.4 is 5.32 Å². The summed E-state index contributed by atoms with van der Waals surface area (Å²) in [5.74, 6) is 0. The number of hydrogen-bond donors (Lipinski definition) is 1. The van der Waals surface area contributed by atoms with Crippen molar-refractivity contribution in [2.24, 2.45) is 5.41 Å². The zero-order valence-corrected chi connectivity index (χ0v) is 13.1. The van der Waals surface area contributed by atoms with Crippen molar-refractivity contribution in [3.8, 4) is 0 Å². The summed E-state index contributed by atoms with van der Waals surface area (Å²) >= 11 is 1.77. The molecule has 1 fully saturated rings. The second kappa shape index (κ2) is 6.84. The van der Waals surface area contributed by atoms with Crippen LogP contribution in [0.2, 0.25) is 0 Å². The van der Waals surface area contributed by atoms with E-state index in [1.54, 1.807) is 11.3 Å². The molecule has 1 aliphatic rings. The Hall–Kier alpha value is -0.420. The highest BCUT2D eigenvalue weighted by atomic mass is 32.1. The number of thiophene rings is 1. The van der Waals surface area contributed by atoms with Crippen LogP contribution in [0.25, 0.3) is 0 Å². The molecule has 0 aromatic carbocycles. The molecule has 19 heavy (non-hydrogen) atoms. The smallest absolute Gasteiger partial charge is 0.0547 e. The molecular weight excluding hydrogens is 256 g/mol. The predicted molar refractivity (Wildman–Crippen MR) is 81.7 cm³/mol. The first-order chi connectivity index (χ1) is 9.10. The van der Waals surface area contributed by atoms with Crippen LogP contribution in [-0.2, 0) is 11.3 Å². The Morgan fingerprint density at radius 3 is 2.95 bits per heavy atom. The van der Waals surface area contributed by atoms with E-state index in [1.165, 1.54) is 12.0 Å². The van der Waals surface area contributed by atoms with E-state index >= 15 is 0 Å². The molecule has 4 heteroatoms. The maximum Gasteiger partial charge on any atom is 0.0547 e. The first kappa shape index (κ1) is 15.0. The van der Waals surface area contributed by atoms with Crippen LogP contribution in [0.5, 0.6) is 0 Å². The standard InChI is InChI=1S/C15H26N2OS/c1-13(2)16-10-15(5-6-18-12-15)11-17(3)8-14-4-7-19-9-14/h4,7,9,13,16H,5-6,8,10-12H2,1-3H3. The van der Waals surface area contributed by atoms with Gasteiger partial charge in [0.1, 0.15) is 0 Å². The zero-order chi connectivity index (χ0) is 13.7. The third kappa shape index (κ3) is 4.56. The summed E-state index contributed by atoms with van der Waals surface area (Å²) in [6.07, 6.45) is 1.17. The number of nitrogens with zero attached hydrogens (tertiary/aromatic N) is 1. The maximum absolute atomic E-state index is 5.66. The lowest BCUT2D eigenvalue weighted by Gasteiger charge is -2.33. The lowest BCUT2D eigenvalue weighted by Crippen LogP contribution is -2.45. The van der Waals surface area contributed by atoms with Gasteiger partial charge in [0.2, 0.25) is 0 Å². The largest absolute Gasteiger partial charge is 0.381 e. The molecule has 1 N–H and O–H groups in total. The van der Waals surface area contributed by atoms with Crippen molar-refractivity contribution in [1.82, 2.24) is 10.2 Å². The normalized spacial score (nSPS) is 23.6. The van der Waals surface area contributed by atoms with E-state index in [0.29, 0.717) is 6.04 Å². The van der Waals surface area contributed by atoms with E-state index < -0.39 is 0 Å². The van der Waals surface area contributed by atoms with Gasteiger partial charge in [-0.05, 0) is 35.9 Å². The molecule has 1 saturated heterocycles. The van der Waals surface area contributed by atoms with Crippen molar-refractivity contribution in [3.05, 3.63) is 22.4 Å². The molecule has 1 aliphatic heterocycles. The van der Waals surface area contributed by atoms with Gasteiger partial charge in [-0.2, -0.15) is 11.3 Å². The van der Waals surface area contributed by atoms with Crippen molar-refractivity contribution in [1.29, 1.82) is 0 Å². The second-order valence-electron chi connectivity index (χ2n) is 6.14. The molecule has 0 saturated carbocycles. The van der Waals surface area contributed by atoms with E-state index in [1.807, 2.05) is 0 Å².